The van der Waals surface area contributed by atoms with E-state index in [9.17, 15) is 4.79 Å². The monoisotopic (exact) mass is 289 g/mol. The summed E-state index contributed by atoms with van der Waals surface area (Å²) in [5.41, 5.74) is 1.24. The summed E-state index contributed by atoms with van der Waals surface area (Å²) in [6, 6.07) is 0.0656. The Morgan fingerprint density at radius 1 is 1.38 bits per heavy atom. The number of likely N-dealkylation sites (tertiary alicyclic amines) is 1. The van der Waals surface area contributed by atoms with Crippen molar-refractivity contribution in [3.05, 3.63) is 11.5 Å². The number of carbonyl (C=O) groups is 1. The molecule has 0 spiro atoms. The van der Waals surface area contributed by atoms with Crippen molar-refractivity contribution in [2.75, 3.05) is 18.4 Å². The zero-order valence-electron chi connectivity index (χ0n) is 12.5. The molecule has 7 nitrogen and oxygen atoms in total. The van der Waals surface area contributed by atoms with Gasteiger partial charge in [0, 0.05) is 19.5 Å². The van der Waals surface area contributed by atoms with Crippen molar-refractivity contribution in [1.82, 2.24) is 20.0 Å². The van der Waals surface area contributed by atoms with E-state index in [1.165, 1.54) is 0 Å². The first-order valence-electron chi connectivity index (χ1n) is 7.23. The van der Waals surface area contributed by atoms with Crippen LogP contribution in [0.25, 0.3) is 11.1 Å². The molecular formula is C14H19N5O2. The Morgan fingerprint density at radius 3 is 2.95 bits per heavy atom. The number of fused-ring (bicyclic) bond motifs is 1. The molecule has 21 heavy (non-hydrogen) atoms. The van der Waals surface area contributed by atoms with Gasteiger partial charge in [0.15, 0.2) is 0 Å². The van der Waals surface area contributed by atoms with E-state index in [0.29, 0.717) is 30.3 Å². The van der Waals surface area contributed by atoms with Crippen LogP contribution in [0.15, 0.2) is 4.52 Å². The van der Waals surface area contributed by atoms with Crippen LogP contribution in [-0.4, -0.2) is 45.1 Å². The van der Waals surface area contributed by atoms with Gasteiger partial charge in [0.25, 0.3) is 5.71 Å². The lowest BCUT2D eigenvalue weighted by Crippen LogP contribution is -2.28. The Hall–Kier alpha value is -2.18. The third kappa shape index (κ3) is 2.55. The molecule has 2 aromatic heterocycles. The Labute approximate surface area is 122 Å². The Balaban J connectivity index is 1.85. The minimum Gasteiger partial charge on any atom is -0.364 e. The molecule has 112 valence electrons. The lowest BCUT2D eigenvalue weighted by atomic mass is 10.2. The first kappa shape index (κ1) is 13.8. The molecule has 7 heteroatoms. The number of hydrogen-bond donors (Lipinski definition) is 1. The molecule has 0 aliphatic carbocycles. The molecule has 1 aliphatic rings. The lowest BCUT2D eigenvalue weighted by Gasteiger charge is -2.16. The predicted octanol–water partition coefficient (Wildman–Crippen LogP) is 1.66. The van der Waals surface area contributed by atoms with Crippen molar-refractivity contribution >= 4 is 22.8 Å². The van der Waals surface area contributed by atoms with Crippen LogP contribution in [0.2, 0.25) is 0 Å². The van der Waals surface area contributed by atoms with Crippen LogP contribution in [-0.2, 0) is 4.79 Å². The van der Waals surface area contributed by atoms with Gasteiger partial charge in [-0.3, -0.25) is 4.79 Å². The average molecular weight is 289 g/mol. The van der Waals surface area contributed by atoms with Gasteiger partial charge in [-0.25, -0.2) is 4.98 Å². The Kier molecular flexibility index (Phi) is 3.48. The van der Waals surface area contributed by atoms with Gasteiger partial charge < -0.3 is 14.7 Å². The van der Waals surface area contributed by atoms with Crippen molar-refractivity contribution in [3.8, 4) is 0 Å². The first-order valence-corrected chi connectivity index (χ1v) is 7.23. The number of amides is 1. The maximum absolute atomic E-state index is 11.9. The van der Waals surface area contributed by atoms with Gasteiger partial charge in [0.2, 0.25) is 5.91 Å². The second-order valence-electron chi connectivity index (χ2n) is 5.45. The van der Waals surface area contributed by atoms with Gasteiger partial charge in [-0.2, -0.15) is 4.98 Å². The highest BCUT2D eigenvalue weighted by molar-refractivity contribution is 5.88. The fourth-order valence-electron chi connectivity index (χ4n) is 2.75. The van der Waals surface area contributed by atoms with Gasteiger partial charge in [-0.05, 0) is 20.3 Å². The van der Waals surface area contributed by atoms with E-state index in [1.807, 2.05) is 18.7 Å². The van der Waals surface area contributed by atoms with Crippen LogP contribution < -0.4 is 5.32 Å². The summed E-state index contributed by atoms with van der Waals surface area (Å²) in [7, 11) is 0. The SMILES string of the molecule is CCCN1CC(Nc2nc(C)nc3onc(C)c23)CC1=O. The van der Waals surface area contributed by atoms with E-state index in [0.717, 1.165) is 24.0 Å². The highest BCUT2D eigenvalue weighted by Crippen LogP contribution is 2.25. The third-order valence-corrected chi connectivity index (χ3v) is 3.67. The highest BCUT2D eigenvalue weighted by atomic mass is 16.5. The number of rotatable bonds is 4. The first-order chi connectivity index (χ1) is 10.1. The number of hydrogen-bond acceptors (Lipinski definition) is 6. The van der Waals surface area contributed by atoms with Crippen LogP contribution in [0, 0.1) is 13.8 Å². The number of carbonyl (C=O) groups excluding carboxylic acids is 1. The van der Waals surface area contributed by atoms with Gasteiger partial charge in [-0.1, -0.05) is 12.1 Å². The van der Waals surface area contributed by atoms with Gasteiger partial charge >= 0.3 is 0 Å². The molecule has 1 fully saturated rings. The van der Waals surface area contributed by atoms with E-state index in [4.69, 9.17) is 4.52 Å². The summed E-state index contributed by atoms with van der Waals surface area (Å²) in [5, 5.41) is 8.09. The summed E-state index contributed by atoms with van der Waals surface area (Å²) in [6.45, 7) is 7.26. The van der Waals surface area contributed by atoms with Crippen molar-refractivity contribution in [2.45, 2.75) is 39.7 Å². The summed E-state index contributed by atoms with van der Waals surface area (Å²) in [4.78, 5) is 22.5. The van der Waals surface area contributed by atoms with Crippen LogP contribution in [0.1, 0.15) is 31.3 Å². The average Bonchev–Trinajstić information content (AvgIpc) is 2.94. The number of nitrogens with one attached hydrogen (secondary N) is 1. The molecule has 2 aromatic rings. The lowest BCUT2D eigenvalue weighted by molar-refractivity contribution is -0.127. The summed E-state index contributed by atoms with van der Waals surface area (Å²) in [5.74, 6) is 1.52. The van der Waals surface area contributed by atoms with Crippen LogP contribution in [0.5, 0.6) is 0 Å². The zero-order valence-corrected chi connectivity index (χ0v) is 12.5. The maximum Gasteiger partial charge on any atom is 0.263 e. The molecule has 1 N–H and O–H groups in total. The van der Waals surface area contributed by atoms with Crippen molar-refractivity contribution < 1.29 is 9.32 Å². The fourth-order valence-corrected chi connectivity index (χ4v) is 2.75. The van der Waals surface area contributed by atoms with Crippen molar-refractivity contribution in [2.24, 2.45) is 0 Å². The summed E-state index contributed by atoms with van der Waals surface area (Å²) < 4.78 is 5.20. The second kappa shape index (κ2) is 5.31. The van der Waals surface area contributed by atoms with Gasteiger partial charge in [0.05, 0.1) is 11.7 Å². The minimum atomic E-state index is 0.0656. The molecule has 0 aromatic carbocycles. The molecule has 1 amide bonds. The molecule has 1 atom stereocenters. The van der Waals surface area contributed by atoms with Crippen molar-refractivity contribution in [3.63, 3.8) is 0 Å². The smallest absolute Gasteiger partial charge is 0.263 e. The Bertz CT molecular complexity index is 681. The molecule has 1 saturated heterocycles. The standard InChI is InChI=1S/C14H19N5O2/c1-4-5-19-7-10(6-11(19)20)17-13-12-8(2)18-21-14(12)16-9(3)15-13/h10H,4-7H2,1-3H3,(H,15,16,17). The molecule has 1 unspecified atom stereocenters. The van der Waals surface area contributed by atoms with E-state index in [2.05, 4.69) is 27.4 Å². The molecule has 0 bridgehead atoms. The molecular weight excluding hydrogens is 270 g/mol. The number of aromatic nitrogens is 3. The predicted molar refractivity (Wildman–Crippen MR) is 78.0 cm³/mol. The minimum absolute atomic E-state index is 0.0656. The Morgan fingerprint density at radius 2 is 2.19 bits per heavy atom. The second-order valence-corrected chi connectivity index (χ2v) is 5.45. The summed E-state index contributed by atoms with van der Waals surface area (Å²) >= 11 is 0. The topological polar surface area (TPSA) is 84.2 Å². The summed E-state index contributed by atoms with van der Waals surface area (Å²) in [6.07, 6.45) is 1.47. The van der Waals surface area contributed by atoms with E-state index in [-0.39, 0.29) is 11.9 Å². The van der Waals surface area contributed by atoms with Crippen LogP contribution >= 0.6 is 0 Å². The number of nitrogens with zero attached hydrogens (tertiary/aromatic N) is 4. The van der Waals surface area contributed by atoms with E-state index in [1.54, 1.807) is 0 Å². The molecule has 0 saturated carbocycles. The molecule has 3 rings (SSSR count). The number of aryl methyl sites for hydroxylation is 2. The molecule has 3 heterocycles. The van der Waals surface area contributed by atoms with E-state index >= 15 is 0 Å². The molecule has 0 radical (unpaired) electrons. The van der Waals surface area contributed by atoms with Gasteiger partial charge in [0.1, 0.15) is 17.0 Å². The van der Waals surface area contributed by atoms with Crippen molar-refractivity contribution in [1.29, 1.82) is 0 Å². The molecule has 1 aliphatic heterocycles. The quantitative estimate of drug-likeness (QED) is 0.921. The van der Waals surface area contributed by atoms with E-state index < -0.39 is 0 Å². The van der Waals surface area contributed by atoms with Crippen LogP contribution in [0.4, 0.5) is 5.82 Å². The largest absolute Gasteiger partial charge is 0.364 e. The van der Waals surface area contributed by atoms with Gasteiger partial charge in [-0.15, -0.1) is 0 Å². The fraction of sp³-hybridized carbons (Fsp3) is 0.571. The highest BCUT2D eigenvalue weighted by Gasteiger charge is 2.29. The number of anilines is 1. The maximum atomic E-state index is 11.9. The zero-order chi connectivity index (χ0) is 15.0. The van der Waals surface area contributed by atoms with Crippen LogP contribution in [0.3, 0.4) is 0 Å². The third-order valence-electron chi connectivity index (χ3n) is 3.67. The normalized spacial score (nSPS) is 18.7.